The van der Waals surface area contributed by atoms with E-state index in [1.54, 1.807) is 11.0 Å². The first-order valence-corrected chi connectivity index (χ1v) is 11.5. The maximum absolute atomic E-state index is 12.6. The van der Waals surface area contributed by atoms with Crippen LogP contribution in [0.4, 0.5) is 5.69 Å². The Morgan fingerprint density at radius 2 is 1.90 bits per heavy atom. The van der Waals surface area contributed by atoms with Crippen LogP contribution in [0.5, 0.6) is 5.75 Å². The predicted molar refractivity (Wildman–Crippen MR) is 119 cm³/mol. The van der Waals surface area contributed by atoms with Crippen LogP contribution < -0.4 is 10.0 Å². The SMILES string of the molecule is C=CS(=O)(=O)NC1CCN(C(=O)CNc2cc(-c3ccccc3)c(Cl)cc2O)CC1. The molecule has 0 bridgehead atoms. The number of nitrogens with one attached hydrogen (secondary N) is 2. The zero-order valence-electron chi connectivity index (χ0n) is 16.3. The molecule has 2 aromatic rings. The molecular weight excluding hydrogens is 426 g/mol. The summed E-state index contributed by atoms with van der Waals surface area (Å²) in [7, 11) is -3.48. The quantitative estimate of drug-likeness (QED) is 0.564. The molecule has 1 saturated heterocycles. The molecule has 30 heavy (non-hydrogen) atoms. The largest absolute Gasteiger partial charge is 0.506 e. The van der Waals surface area contributed by atoms with Gasteiger partial charge in [0.1, 0.15) is 5.75 Å². The van der Waals surface area contributed by atoms with Crippen molar-refractivity contribution in [1.82, 2.24) is 9.62 Å². The van der Waals surface area contributed by atoms with Crippen molar-refractivity contribution in [3.8, 4) is 16.9 Å². The minimum absolute atomic E-state index is 0.00642. The summed E-state index contributed by atoms with van der Waals surface area (Å²) in [4.78, 5) is 14.2. The van der Waals surface area contributed by atoms with Crippen LogP contribution >= 0.6 is 11.6 Å². The highest BCUT2D eigenvalue weighted by atomic mass is 35.5. The first kappa shape index (κ1) is 22.1. The first-order valence-electron chi connectivity index (χ1n) is 9.53. The molecule has 0 spiro atoms. The number of aromatic hydroxyl groups is 1. The molecular formula is C21H24ClN3O4S. The molecule has 0 aromatic heterocycles. The predicted octanol–water partition coefficient (Wildman–Crippen LogP) is 3.18. The molecule has 0 atom stereocenters. The number of anilines is 1. The fraction of sp³-hybridized carbons (Fsp3) is 0.286. The smallest absolute Gasteiger partial charge is 0.241 e. The van der Waals surface area contributed by atoms with Gasteiger partial charge in [-0.2, -0.15) is 0 Å². The van der Waals surface area contributed by atoms with Gasteiger partial charge < -0.3 is 15.3 Å². The number of nitrogens with zero attached hydrogens (tertiary/aromatic N) is 1. The highest BCUT2D eigenvalue weighted by Gasteiger charge is 2.25. The van der Waals surface area contributed by atoms with Crippen molar-refractivity contribution in [1.29, 1.82) is 0 Å². The number of hydrogen-bond acceptors (Lipinski definition) is 5. The van der Waals surface area contributed by atoms with Crippen LogP contribution in [0.25, 0.3) is 11.1 Å². The summed E-state index contributed by atoms with van der Waals surface area (Å²) >= 11 is 6.27. The van der Waals surface area contributed by atoms with Crippen LogP contribution in [0.1, 0.15) is 12.8 Å². The number of halogens is 1. The molecule has 9 heteroatoms. The van der Waals surface area contributed by atoms with E-state index in [0.717, 1.165) is 16.5 Å². The highest BCUT2D eigenvalue weighted by molar-refractivity contribution is 7.92. The number of hydrogen-bond donors (Lipinski definition) is 3. The monoisotopic (exact) mass is 449 g/mol. The van der Waals surface area contributed by atoms with E-state index in [-0.39, 0.29) is 24.2 Å². The van der Waals surface area contributed by atoms with Gasteiger partial charge in [-0.3, -0.25) is 4.79 Å². The lowest BCUT2D eigenvalue weighted by atomic mass is 10.0. The van der Waals surface area contributed by atoms with Gasteiger partial charge in [0.05, 0.1) is 17.3 Å². The van der Waals surface area contributed by atoms with E-state index in [1.807, 2.05) is 30.3 Å². The molecule has 7 nitrogen and oxygen atoms in total. The van der Waals surface area contributed by atoms with Crippen molar-refractivity contribution in [2.24, 2.45) is 0 Å². The molecule has 160 valence electrons. The van der Waals surface area contributed by atoms with Gasteiger partial charge in [-0.05, 0) is 24.5 Å². The highest BCUT2D eigenvalue weighted by Crippen LogP contribution is 2.36. The van der Waals surface area contributed by atoms with Crippen LogP contribution in [0.3, 0.4) is 0 Å². The van der Waals surface area contributed by atoms with Crippen molar-refractivity contribution < 1.29 is 18.3 Å². The molecule has 3 N–H and O–H groups in total. The second-order valence-corrected chi connectivity index (χ2v) is 9.12. The standard InChI is InChI=1S/C21H24ClN3O4S/c1-2-30(28,29)24-16-8-10-25(11-9-16)21(27)14-23-19-12-17(18(22)13-20(19)26)15-6-4-3-5-7-15/h2-7,12-13,16,23-24,26H,1,8-11,14H2. The molecule has 1 aliphatic heterocycles. The summed E-state index contributed by atoms with van der Waals surface area (Å²) in [6, 6.07) is 12.5. The van der Waals surface area contributed by atoms with Gasteiger partial charge in [-0.25, -0.2) is 13.1 Å². The average Bonchev–Trinajstić information content (AvgIpc) is 2.74. The fourth-order valence-electron chi connectivity index (χ4n) is 3.35. The van der Waals surface area contributed by atoms with E-state index in [4.69, 9.17) is 11.6 Å². The van der Waals surface area contributed by atoms with E-state index in [2.05, 4.69) is 16.6 Å². The third-order valence-corrected chi connectivity index (χ3v) is 6.41. The lowest BCUT2D eigenvalue weighted by Gasteiger charge is -2.32. The zero-order chi connectivity index (χ0) is 21.7. The lowest BCUT2D eigenvalue weighted by molar-refractivity contribution is -0.130. The maximum Gasteiger partial charge on any atom is 0.241 e. The van der Waals surface area contributed by atoms with Gasteiger partial charge in [0, 0.05) is 36.2 Å². The number of carbonyl (C=O) groups excluding carboxylic acids is 1. The van der Waals surface area contributed by atoms with Gasteiger partial charge in [-0.15, -0.1) is 0 Å². The average molecular weight is 450 g/mol. The third kappa shape index (κ3) is 5.53. The number of rotatable bonds is 7. The Kier molecular flexibility index (Phi) is 7.02. The number of likely N-dealkylation sites (tertiary alicyclic amines) is 1. The molecule has 1 fully saturated rings. The summed E-state index contributed by atoms with van der Waals surface area (Å²) in [6.07, 6.45) is 1.06. The zero-order valence-corrected chi connectivity index (χ0v) is 17.9. The summed E-state index contributed by atoms with van der Waals surface area (Å²) in [6.45, 7) is 4.19. The molecule has 1 heterocycles. The minimum atomic E-state index is -3.48. The number of phenolic OH excluding ortho intramolecular Hbond substituents is 1. The molecule has 0 radical (unpaired) electrons. The van der Waals surface area contributed by atoms with Crippen molar-refractivity contribution in [3.63, 3.8) is 0 Å². The van der Waals surface area contributed by atoms with Crippen molar-refractivity contribution in [3.05, 3.63) is 59.5 Å². The van der Waals surface area contributed by atoms with Gasteiger partial charge in [-0.1, -0.05) is 48.5 Å². The molecule has 0 saturated carbocycles. The van der Waals surface area contributed by atoms with Crippen LogP contribution in [-0.2, 0) is 14.8 Å². The van der Waals surface area contributed by atoms with E-state index in [0.29, 0.717) is 36.6 Å². The first-order chi connectivity index (χ1) is 14.3. The van der Waals surface area contributed by atoms with E-state index >= 15 is 0 Å². The van der Waals surface area contributed by atoms with Crippen molar-refractivity contribution in [2.45, 2.75) is 18.9 Å². The Morgan fingerprint density at radius 3 is 2.53 bits per heavy atom. The normalized spacial score (nSPS) is 15.0. The summed E-state index contributed by atoms with van der Waals surface area (Å²) in [5, 5.41) is 14.5. The summed E-state index contributed by atoms with van der Waals surface area (Å²) in [5.74, 6) is -0.166. The number of benzene rings is 2. The second-order valence-electron chi connectivity index (χ2n) is 7.05. The van der Waals surface area contributed by atoms with Crippen LogP contribution in [0.15, 0.2) is 54.5 Å². The summed E-state index contributed by atoms with van der Waals surface area (Å²) < 4.78 is 25.7. The molecule has 3 rings (SSSR count). The molecule has 0 unspecified atom stereocenters. The number of phenols is 1. The third-order valence-electron chi connectivity index (χ3n) is 5.00. The van der Waals surface area contributed by atoms with Crippen molar-refractivity contribution in [2.75, 3.05) is 25.0 Å². The number of piperidine rings is 1. The second kappa shape index (κ2) is 9.51. The maximum atomic E-state index is 12.6. The van der Waals surface area contributed by atoms with Crippen LogP contribution in [0, 0.1) is 0 Å². The number of amides is 1. The minimum Gasteiger partial charge on any atom is -0.506 e. The van der Waals surface area contributed by atoms with Crippen LogP contribution in [-0.4, -0.2) is 50.0 Å². The molecule has 2 aromatic carbocycles. The van der Waals surface area contributed by atoms with E-state index in [1.165, 1.54) is 6.07 Å². The van der Waals surface area contributed by atoms with Gasteiger partial charge in [0.25, 0.3) is 0 Å². The Labute approximate surface area is 181 Å². The van der Waals surface area contributed by atoms with E-state index < -0.39 is 10.0 Å². The number of carbonyl (C=O) groups is 1. The van der Waals surface area contributed by atoms with Crippen LogP contribution in [0.2, 0.25) is 5.02 Å². The van der Waals surface area contributed by atoms with Gasteiger partial charge in [0.15, 0.2) is 0 Å². The topological polar surface area (TPSA) is 98.7 Å². The van der Waals surface area contributed by atoms with Crippen molar-refractivity contribution >= 4 is 33.2 Å². The molecule has 1 aliphatic rings. The summed E-state index contributed by atoms with van der Waals surface area (Å²) in [5.41, 5.74) is 2.07. The van der Waals surface area contributed by atoms with E-state index in [9.17, 15) is 18.3 Å². The Bertz CT molecular complexity index is 1020. The fourth-order valence-corrected chi connectivity index (χ4v) is 4.42. The Hall–Kier alpha value is -2.55. The van der Waals surface area contributed by atoms with Gasteiger partial charge >= 0.3 is 0 Å². The number of sulfonamides is 1. The Balaban J connectivity index is 1.60. The van der Waals surface area contributed by atoms with Gasteiger partial charge in [0.2, 0.25) is 15.9 Å². The lowest BCUT2D eigenvalue weighted by Crippen LogP contribution is -2.47. The Morgan fingerprint density at radius 1 is 1.23 bits per heavy atom. The molecule has 0 aliphatic carbocycles. The molecule has 1 amide bonds.